The van der Waals surface area contributed by atoms with Crippen molar-refractivity contribution in [3.05, 3.63) is 53.3 Å². The highest BCUT2D eigenvalue weighted by molar-refractivity contribution is 6.40. The fourth-order valence-electron chi connectivity index (χ4n) is 1.63. The molecule has 0 unspecified atom stereocenters. The van der Waals surface area contributed by atoms with Gasteiger partial charge in [-0.15, -0.1) is 0 Å². The minimum Gasteiger partial charge on any atom is -0.495 e. The lowest BCUT2D eigenvalue weighted by Crippen LogP contribution is -2.32. The van der Waals surface area contributed by atoms with E-state index < -0.39 is 11.8 Å². The Morgan fingerprint density at radius 2 is 2.13 bits per heavy atom. The van der Waals surface area contributed by atoms with E-state index in [0.717, 1.165) is 0 Å². The number of rotatable bonds is 4. The van der Waals surface area contributed by atoms with Crippen LogP contribution >= 0.6 is 11.6 Å². The van der Waals surface area contributed by atoms with E-state index in [1.165, 1.54) is 19.4 Å². The largest absolute Gasteiger partial charge is 0.495 e. The van der Waals surface area contributed by atoms with Gasteiger partial charge in [0, 0.05) is 23.0 Å². The van der Waals surface area contributed by atoms with Crippen LogP contribution in [0.25, 0.3) is 0 Å². The number of hydrogen-bond acceptors (Lipinski definition) is 5. The molecule has 2 amide bonds. The molecule has 1 aromatic heterocycles. The van der Waals surface area contributed by atoms with Gasteiger partial charge in [0.25, 0.3) is 0 Å². The third-order valence-electron chi connectivity index (χ3n) is 2.68. The molecule has 0 spiro atoms. The van der Waals surface area contributed by atoms with Gasteiger partial charge in [0.15, 0.2) is 0 Å². The Morgan fingerprint density at radius 3 is 2.83 bits per heavy atom. The lowest BCUT2D eigenvalue weighted by atomic mass is 10.3. The maximum absolute atomic E-state index is 11.8. The van der Waals surface area contributed by atoms with Crippen molar-refractivity contribution in [2.24, 2.45) is 5.10 Å². The average Bonchev–Trinajstić information content (AvgIpc) is 2.56. The fraction of sp³-hybridized carbons (Fsp3) is 0.0667. The first kappa shape index (κ1) is 16.4. The maximum Gasteiger partial charge on any atom is 0.329 e. The molecule has 0 fully saturated rings. The number of halogens is 1. The molecule has 2 rings (SSSR count). The zero-order valence-corrected chi connectivity index (χ0v) is 12.9. The molecule has 0 aliphatic carbocycles. The second kappa shape index (κ2) is 7.90. The number of hydrogen-bond donors (Lipinski definition) is 2. The topological polar surface area (TPSA) is 92.7 Å². The Hall–Kier alpha value is -2.93. The van der Waals surface area contributed by atoms with Crippen molar-refractivity contribution in [3.8, 4) is 5.75 Å². The molecule has 1 aromatic carbocycles. The number of aromatic nitrogens is 1. The first-order valence-corrected chi connectivity index (χ1v) is 6.86. The van der Waals surface area contributed by atoms with Gasteiger partial charge in [0.1, 0.15) is 5.75 Å². The van der Waals surface area contributed by atoms with E-state index in [4.69, 9.17) is 16.3 Å². The number of nitrogens with zero attached hydrogens (tertiary/aromatic N) is 2. The van der Waals surface area contributed by atoms with Crippen LogP contribution in [0.1, 0.15) is 5.56 Å². The van der Waals surface area contributed by atoms with Crippen LogP contribution in [0, 0.1) is 0 Å². The van der Waals surface area contributed by atoms with Gasteiger partial charge >= 0.3 is 11.8 Å². The summed E-state index contributed by atoms with van der Waals surface area (Å²) in [7, 11) is 1.44. The summed E-state index contributed by atoms with van der Waals surface area (Å²) >= 11 is 5.85. The number of pyridine rings is 1. The lowest BCUT2D eigenvalue weighted by Gasteiger charge is -2.09. The molecule has 8 heteroatoms. The van der Waals surface area contributed by atoms with Crippen molar-refractivity contribution in [2.75, 3.05) is 12.4 Å². The molecule has 0 aliphatic heterocycles. The van der Waals surface area contributed by atoms with Gasteiger partial charge in [-0.2, -0.15) is 5.10 Å². The molecule has 1 heterocycles. The second-order valence-corrected chi connectivity index (χ2v) is 4.72. The Kier molecular flexibility index (Phi) is 5.65. The van der Waals surface area contributed by atoms with Crippen molar-refractivity contribution in [2.45, 2.75) is 0 Å². The number of anilines is 1. The van der Waals surface area contributed by atoms with Crippen LogP contribution < -0.4 is 15.5 Å². The number of nitrogens with one attached hydrogen (secondary N) is 2. The summed E-state index contributed by atoms with van der Waals surface area (Å²) in [5.41, 5.74) is 3.09. The molecular formula is C15H13ClN4O3. The van der Waals surface area contributed by atoms with Crippen molar-refractivity contribution in [1.29, 1.82) is 0 Å². The fourth-order valence-corrected chi connectivity index (χ4v) is 1.80. The Labute approximate surface area is 137 Å². The Balaban J connectivity index is 1.97. The van der Waals surface area contributed by atoms with E-state index in [1.807, 2.05) is 0 Å². The maximum atomic E-state index is 11.8. The highest BCUT2D eigenvalue weighted by Gasteiger charge is 2.15. The summed E-state index contributed by atoms with van der Waals surface area (Å²) in [5, 5.41) is 6.48. The number of carbonyl (C=O) groups excluding carboxylic acids is 2. The van der Waals surface area contributed by atoms with E-state index in [-0.39, 0.29) is 5.69 Å². The summed E-state index contributed by atoms with van der Waals surface area (Å²) in [6.45, 7) is 0. The van der Waals surface area contributed by atoms with Gasteiger partial charge in [-0.25, -0.2) is 5.43 Å². The summed E-state index contributed by atoms with van der Waals surface area (Å²) in [6.07, 6.45) is 4.55. The van der Waals surface area contributed by atoms with E-state index in [9.17, 15) is 9.59 Å². The number of amides is 2. The molecule has 0 bridgehead atoms. The van der Waals surface area contributed by atoms with Crippen LogP contribution in [-0.4, -0.2) is 30.1 Å². The number of hydrazone groups is 1. The van der Waals surface area contributed by atoms with Gasteiger partial charge < -0.3 is 10.1 Å². The summed E-state index contributed by atoms with van der Waals surface area (Å²) in [4.78, 5) is 27.4. The van der Waals surface area contributed by atoms with Crippen LogP contribution in [0.5, 0.6) is 5.75 Å². The third kappa shape index (κ3) is 4.79. The molecule has 118 valence electrons. The van der Waals surface area contributed by atoms with Gasteiger partial charge in [-0.05, 0) is 24.3 Å². The molecule has 7 nitrogen and oxygen atoms in total. The summed E-state index contributed by atoms with van der Waals surface area (Å²) in [5.74, 6) is -1.43. The van der Waals surface area contributed by atoms with Crippen LogP contribution in [0.3, 0.4) is 0 Å². The van der Waals surface area contributed by atoms with Gasteiger partial charge in [0.05, 0.1) is 19.0 Å². The first-order chi connectivity index (χ1) is 11.1. The first-order valence-electron chi connectivity index (χ1n) is 6.48. The van der Waals surface area contributed by atoms with Crippen molar-refractivity contribution < 1.29 is 14.3 Å². The highest BCUT2D eigenvalue weighted by Crippen LogP contribution is 2.27. The lowest BCUT2D eigenvalue weighted by molar-refractivity contribution is -0.136. The third-order valence-corrected chi connectivity index (χ3v) is 2.92. The van der Waals surface area contributed by atoms with Crippen molar-refractivity contribution in [1.82, 2.24) is 10.4 Å². The molecule has 23 heavy (non-hydrogen) atoms. The molecule has 0 radical (unpaired) electrons. The van der Waals surface area contributed by atoms with Crippen LogP contribution in [0.4, 0.5) is 5.69 Å². The molecule has 0 saturated heterocycles. The molecule has 2 N–H and O–H groups in total. The summed E-state index contributed by atoms with van der Waals surface area (Å²) < 4.78 is 5.08. The number of ether oxygens (including phenoxy) is 1. The van der Waals surface area contributed by atoms with Crippen molar-refractivity contribution in [3.63, 3.8) is 0 Å². The van der Waals surface area contributed by atoms with E-state index >= 15 is 0 Å². The highest BCUT2D eigenvalue weighted by atomic mass is 35.5. The predicted molar refractivity (Wildman–Crippen MR) is 86.6 cm³/mol. The minimum absolute atomic E-state index is 0.288. The van der Waals surface area contributed by atoms with Gasteiger partial charge in [0.2, 0.25) is 0 Å². The number of methoxy groups -OCH3 is 1. The summed E-state index contributed by atoms with van der Waals surface area (Å²) in [6, 6.07) is 8.13. The normalized spacial score (nSPS) is 10.3. The molecule has 0 aliphatic rings. The van der Waals surface area contributed by atoms with E-state index in [0.29, 0.717) is 16.3 Å². The zero-order chi connectivity index (χ0) is 16.7. The van der Waals surface area contributed by atoms with Gasteiger partial charge in [-0.1, -0.05) is 17.7 Å². The Morgan fingerprint density at radius 1 is 1.30 bits per heavy atom. The second-order valence-electron chi connectivity index (χ2n) is 4.28. The quantitative estimate of drug-likeness (QED) is 0.507. The van der Waals surface area contributed by atoms with Gasteiger partial charge in [-0.3, -0.25) is 14.6 Å². The van der Waals surface area contributed by atoms with E-state index in [1.54, 1.807) is 36.7 Å². The van der Waals surface area contributed by atoms with E-state index in [2.05, 4.69) is 20.8 Å². The van der Waals surface area contributed by atoms with Crippen LogP contribution in [0.15, 0.2) is 47.8 Å². The number of benzene rings is 1. The minimum atomic E-state index is -0.924. The zero-order valence-electron chi connectivity index (χ0n) is 12.1. The Bertz CT molecular complexity index is 735. The van der Waals surface area contributed by atoms with Crippen LogP contribution in [-0.2, 0) is 9.59 Å². The molecule has 0 saturated carbocycles. The predicted octanol–water partition coefficient (Wildman–Crippen LogP) is 1.83. The monoisotopic (exact) mass is 332 g/mol. The SMILES string of the molecule is COc1ccc(Cl)cc1NC(=O)C(=O)NN=Cc1cccnc1. The molecule has 0 atom stereocenters. The standard InChI is InChI=1S/C15H13ClN4O3/c1-23-13-5-4-11(16)7-12(13)19-14(21)15(22)20-18-9-10-3-2-6-17-8-10/h2-9H,1H3,(H,19,21)(H,20,22). The average molecular weight is 333 g/mol. The van der Waals surface area contributed by atoms with Crippen LogP contribution in [0.2, 0.25) is 5.02 Å². The van der Waals surface area contributed by atoms with Crippen molar-refractivity contribution >= 4 is 35.3 Å². The number of carbonyl (C=O) groups is 2. The molecular weight excluding hydrogens is 320 g/mol. The molecule has 2 aromatic rings. The smallest absolute Gasteiger partial charge is 0.329 e.